The Morgan fingerprint density at radius 3 is 2.67 bits per heavy atom. The number of fused-ring (bicyclic) bond motifs is 1. The number of aromatic nitrogens is 1. The van der Waals surface area contributed by atoms with Gasteiger partial charge in [0.2, 0.25) is 0 Å². The van der Waals surface area contributed by atoms with E-state index in [9.17, 15) is 0 Å². The molecular weight excluding hydrogens is 260 g/mol. The van der Waals surface area contributed by atoms with Crippen LogP contribution in [-0.2, 0) is 13.0 Å². The summed E-state index contributed by atoms with van der Waals surface area (Å²) in [5, 5.41) is 7.86. The molecule has 21 heavy (non-hydrogen) atoms. The molecule has 0 bridgehead atoms. The van der Waals surface area contributed by atoms with Crippen LogP contribution in [0.3, 0.4) is 0 Å². The van der Waals surface area contributed by atoms with Crippen molar-refractivity contribution in [1.29, 1.82) is 5.41 Å². The third kappa shape index (κ3) is 2.49. The number of nitrogens with two attached hydrogens (primary N) is 1. The lowest BCUT2D eigenvalue weighted by Gasteiger charge is -2.31. The van der Waals surface area contributed by atoms with Gasteiger partial charge in [-0.3, -0.25) is 5.41 Å². The number of anilines is 1. The summed E-state index contributed by atoms with van der Waals surface area (Å²) in [7, 11) is 0. The average molecular weight is 280 g/mol. The standard InChI is InChI=1S/C17H20N4/c1-11-9-12(2)20-17(15(11)16(18)19)21-8-7-13-5-3-4-6-14(13)10-21/h3-6,9H,7-8,10H2,1-2H3,(H3,18,19). The zero-order chi connectivity index (χ0) is 15.0. The molecule has 1 aliphatic rings. The van der Waals surface area contributed by atoms with Crippen LogP contribution < -0.4 is 10.6 Å². The number of amidine groups is 1. The van der Waals surface area contributed by atoms with E-state index in [-0.39, 0.29) is 5.84 Å². The van der Waals surface area contributed by atoms with Crippen molar-refractivity contribution in [3.05, 3.63) is 58.3 Å². The van der Waals surface area contributed by atoms with E-state index in [0.717, 1.165) is 42.1 Å². The molecule has 2 heterocycles. The minimum atomic E-state index is 0.0915. The van der Waals surface area contributed by atoms with Crippen molar-refractivity contribution in [3.63, 3.8) is 0 Å². The first-order chi connectivity index (χ1) is 10.1. The van der Waals surface area contributed by atoms with Crippen LogP contribution in [0.15, 0.2) is 30.3 Å². The molecule has 0 radical (unpaired) electrons. The Morgan fingerprint density at radius 2 is 1.95 bits per heavy atom. The highest BCUT2D eigenvalue weighted by molar-refractivity contribution is 6.01. The molecule has 1 aromatic heterocycles. The Hall–Kier alpha value is -2.36. The number of rotatable bonds is 2. The van der Waals surface area contributed by atoms with Gasteiger partial charge in [-0.1, -0.05) is 24.3 Å². The Kier molecular flexibility index (Phi) is 3.37. The fourth-order valence-corrected chi connectivity index (χ4v) is 3.06. The van der Waals surface area contributed by atoms with Gasteiger partial charge in [0.05, 0.1) is 5.56 Å². The topological polar surface area (TPSA) is 66.0 Å². The van der Waals surface area contributed by atoms with Crippen LogP contribution in [0.2, 0.25) is 0 Å². The van der Waals surface area contributed by atoms with Crippen molar-refractivity contribution in [2.75, 3.05) is 11.4 Å². The molecule has 4 heteroatoms. The van der Waals surface area contributed by atoms with Crippen molar-refractivity contribution in [2.45, 2.75) is 26.8 Å². The summed E-state index contributed by atoms with van der Waals surface area (Å²) in [6.07, 6.45) is 1.00. The fraction of sp³-hybridized carbons (Fsp3) is 0.294. The van der Waals surface area contributed by atoms with Gasteiger partial charge in [-0.25, -0.2) is 4.98 Å². The molecule has 0 saturated carbocycles. The average Bonchev–Trinajstić information content (AvgIpc) is 2.45. The smallest absolute Gasteiger partial charge is 0.140 e. The summed E-state index contributed by atoms with van der Waals surface area (Å²) >= 11 is 0. The number of aryl methyl sites for hydroxylation is 2. The fourth-order valence-electron chi connectivity index (χ4n) is 3.06. The lowest BCUT2D eigenvalue weighted by molar-refractivity contribution is 0.718. The first-order valence-corrected chi connectivity index (χ1v) is 7.20. The van der Waals surface area contributed by atoms with Gasteiger partial charge in [-0.15, -0.1) is 0 Å². The minimum absolute atomic E-state index is 0.0915. The van der Waals surface area contributed by atoms with Gasteiger partial charge >= 0.3 is 0 Å². The zero-order valence-corrected chi connectivity index (χ0v) is 12.5. The molecule has 108 valence electrons. The van der Waals surface area contributed by atoms with E-state index < -0.39 is 0 Å². The predicted octanol–water partition coefficient (Wildman–Crippen LogP) is 2.55. The summed E-state index contributed by atoms with van der Waals surface area (Å²) in [5.41, 5.74) is 11.3. The number of nitrogens with zero attached hydrogens (tertiary/aromatic N) is 2. The summed E-state index contributed by atoms with van der Waals surface area (Å²) in [5.74, 6) is 0.934. The van der Waals surface area contributed by atoms with Gasteiger partial charge in [-0.2, -0.15) is 0 Å². The first kappa shape index (κ1) is 13.6. The number of benzene rings is 1. The molecule has 2 aromatic rings. The van der Waals surface area contributed by atoms with E-state index in [1.165, 1.54) is 11.1 Å². The number of pyridine rings is 1. The first-order valence-electron chi connectivity index (χ1n) is 7.20. The molecule has 3 rings (SSSR count). The molecule has 1 aromatic carbocycles. The number of nitrogens with one attached hydrogen (secondary N) is 1. The van der Waals surface area contributed by atoms with Crippen LogP contribution in [0.25, 0.3) is 0 Å². The number of nitrogen functional groups attached to an aromatic ring is 1. The summed E-state index contributed by atoms with van der Waals surface area (Å²) < 4.78 is 0. The highest BCUT2D eigenvalue weighted by Gasteiger charge is 2.22. The van der Waals surface area contributed by atoms with E-state index in [0.29, 0.717) is 0 Å². The van der Waals surface area contributed by atoms with Crippen LogP contribution >= 0.6 is 0 Å². The molecule has 0 fully saturated rings. The minimum Gasteiger partial charge on any atom is -0.384 e. The van der Waals surface area contributed by atoms with E-state index in [1.807, 2.05) is 19.9 Å². The maximum absolute atomic E-state index is 7.86. The maximum Gasteiger partial charge on any atom is 0.140 e. The van der Waals surface area contributed by atoms with Gasteiger partial charge in [0.1, 0.15) is 11.7 Å². The maximum atomic E-state index is 7.86. The van der Waals surface area contributed by atoms with Gasteiger partial charge < -0.3 is 10.6 Å². The molecule has 0 aliphatic carbocycles. The van der Waals surface area contributed by atoms with Crippen molar-refractivity contribution in [3.8, 4) is 0 Å². The summed E-state index contributed by atoms with van der Waals surface area (Å²) in [6.45, 7) is 5.71. The Balaban J connectivity index is 2.04. The van der Waals surface area contributed by atoms with Gasteiger partial charge in [-0.05, 0) is 43.0 Å². The molecule has 0 saturated heterocycles. The third-order valence-corrected chi connectivity index (χ3v) is 4.03. The van der Waals surface area contributed by atoms with E-state index >= 15 is 0 Å². The van der Waals surface area contributed by atoms with Gasteiger partial charge in [0.15, 0.2) is 0 Å². The summed E-state index contributed by atoms with van der Waals surface area (Å²) in [6, 6.07) is 10.5. The van der Waals surface area contributed by atoms with Crippen LogP contribution in [0.5, 0.6) is 0 Å². The monoisotopic (exact) mass is 280 g/mol. The molecule has 0 spiro atoms. The van der Waals surface area contributed by atoms with Crippen molar-refractivity contribution in [1.82, 2.24) is 4.98 Å². The van der Waals surface area contributed by atoms with Crippen LogP contribution in [0.4, 0.5) is 5.82 Å². The second-order valence-corrected chi connectivity index (χ2v) is 5.63. The Morgan fingerprint density at radius 1 is 1.24 bits per heavy atom. The molecule has 0 atom stereocenters. The Bertz CT molecular complexity index is 706. The number of hydrogen-bond acceptors (Lipinski definition) is 3. The molecule has 1 aliphatic heterocycles. The van der Waals surface area contributed by atoms with Crippen molar-refractivity contribution in [2.24, 2.45) is 5.73 Å². The van der Waals surface area contributed by atoms with Crippen molar-refractivity contribution >= 4 is 11.7 Å². The Labute approximate surface area is 125 Å². The molecule has 0 amide bonds. The second-order valence-electron chi connectivity index (χ2n) is 5.63. The normalized spacial score (nSPS) is 13.9. The lowest BCUT2D eigenvalue weighted by atomic mass is 9.99. The zero-order valence-electron chi connectivity index (χ0n) is 12.5. The highest BCUT2D eigenvalue weighted by Crippen LogP contribution is 2.27. The quantitative estimate of drug-likeness (QED) is 0.656. The second kappa shape index (κ2) is 5.20. The van der Waals surface area contributed by atoms with E-state index in [1.54, 1.807) is 0 Å². The highest BCUT2D eigenvalue weighted by atomic mass is 15.2. The van der Waals surface area contributed by atoms with E-state index in [4.69, 9.17) is 11.1 Å². The molecule has 3 N–H and O–H groups in total. The third-order valence-electron chi connectivity index (χ3n) is 4.03. The van der Waals surface area contributed by atoms with E-state index in [2.05, 4.69) is 34.1 Å². The van der Waals surface area contributed by atoms with Gasteiger partial charge in [0, 0.05) is 18.8 Å². The van der Waals surface area contributed by atoms with Crippen LogP contribution in [0, 0.1) is 19.3 Å². The van der Waals surface area contributed by atoms with Crippen molar-refractivity contribution < 1.29 is 0 Å². The molecular formula is C17H20N4. The molecule has 0 unspecified atom stereocenters. The van der Waals surface area contributed by atoms with Gasteiger partial charge in [0.25, 0.3) is 0 Å². The lowest BCUT2D eigenvalue weighted by Crippen LogP contribution is -2.33. The molecule has 4 nitrogen and oxygen atoms in total. The number of hydrogen-bond donors (Lipinski definition) is 2. The largest absolute Gasteiger partial charge is 0.384 e. The SMILES string of the molecule is Cc1cc(C)c(C(=N)N)c(N2CCc3ccccc3C2)n1. The van der Waals surface area contributed by atoms with Crippen LogP contribution in [-0.4, -0.2) is 17.4 Å². The van der Waals surface area contributed by atoms with Crippen LogP contribution in [0.1, 0.15) is 27.9 Å². The predicted molar refractivity (Wildman–Crippen MR) is 85.9 cm³/mol. The summed E-state index contributed by atoms with van der Waals surface area (Å²) in [4.78, 5) is 6.89.